The van der Waals surface area contributed by atoms with Gasteiger partial charge in [-0.1, -0.05) is 0 Å². The fraction of sp³-hybridized carbons (Fsp3) is 0. The molecule has 1 heterocycles. The average molecular weight is 649 g/mol. The van der Waals surface area contributed by atoms with Gasteiger partial charge in [0.05, 0.1) is 3.57 Å². The van der Waals surface area contributed by atoms with Crippen LogP contribution in [0.3, 0.4) is 0 Å². The van der Waals surface area contributed by atoms with Crippen molar-refractivity contribution >= 4 is 63.3 Å². The zero-order chi connectivity index (χ0) is 8.43. The Morgan fingerprint density at radius 3 is 2.36 bits per heavy atom. The molecule has 0 aromatic heterocycles. The molecule has 11 heavy (non-hydrogen) atoms. The normalized spacial score (nSPS) is 10.4. The van der Waals surface area contributed by atoms with Crippen molar-refractivity contribution < 1.29 is 25.0 Å². The van der Waals surface area contributed by atoms with Gasteiger partial charge in [0.25, 0.3) is 0 Å². The fourth-order valence-electron chi connectivity index (χ4n) is 0.678. The molecule has 1 aromatic rings. The molecule has 0 unspecified atom stereocenters. The van der Waals surface area contributed by atoms with E-state index in [1.807, 2.05) is 6.07 Å². The second-order valence-electron chi connectivity index (χ2n) is 1.79. The first kappa shape index (κ1) is 11.2. The van der Waals surface area contributed by atoms with E-state index in [9.17, 15) is 0 Å². The molecule has 0 fully saturated rings. The Kier molecular flexibility index (Phi) is 5.16. The zero-order valence-corrected chi connectivity index (χ0v) is 15.3. The van der Waals surface area contributed by atoms with Gasteiger partial charge >= 0.3 is 38.4 Å². The van der Waals surface area contributed by atoms with Crippen LogP contribution in [0.15, 0.2) is 12.1 Å². The third-order valence-electron chi connectivity index (χ3n) is 1.18. The van der Waals surface area contributed by atoms with Gasteiger partial charge in [-0.3, -0.25) is 0 Å². The van der Waals surface area contributed by atoms with E-state index in [0.717, 1.165) is 11.5 Å². The Morgan fingerprint density at radius 1 is 1.18 bits per heavy atom. The first-order valence-corrected chi connectivity index (χ1v) is 15.0. The third kappa shape index (κ3) is 2.76. The van der Waals surface area contributed by atoms with Gasteiger partial charge in [0.1, 0.15) is 0 Å². The molecule has 57 valence electrons. The van der Waals surface area contributed by atoms with Crippen LogP contribution in [0.5, 0.6) is 11.5 Å². The number of ether oxygens (including phenoxy) is 1. The van der Waals surface area contributed by atoms with Gasteiger partial charge in [-0.15, -0.1) is 0 Å². The van der Waals surface area contributed by atoms with Crippen LogP contribution in [0.1, 0.15) is 0 Å². The van der Waals surface area contributed by atoms with E-state index in [1.165, 1.54) is 27.4 Å². The topological polar surface area (TPSA) is 12.5 Å². The SMILES string of the molecule is Ic1ccc2c(c1I)O2.[I][Hf]. The van der Waals surface area contributed by atoms with E-state index in [2.05, 4.69) is 69.4 Å². The summed E-state index contributed by atoms with van der Waals surface area (Å²) in [4.78, 5) is 0. The molecule has 1 nitrogen and oxygen atoms in total. The standard InChI is InChI=1S/C6H2I2O.Hf.HI/c7-3-1-2-4-6(9-4)5(3)8;;/h1-2H;;1H/q;+1;/p-1. The fourth-order valence-corrected chi connectivity index (χ4v) is 1.66. The summed E-state index contributed by atoms with van der Waals surface area (Å²) in [6.45, 7) is 0. The Morgan fingerprint density at radius 2 is 1.82 bits per heavy atom. The number of rotatable bonds is 0. The molecule has 0 N–H and O–H groups in total. The van der Waals surface area contributed by atoms with Crippen molar-refractivity contribution in [3.05, 3.63) is 19.3 Å². The summed E-state index contributed by atoms with van der Waals surface area (Å²) in [5.41, 5.74) is 0. The van der Waals surface area contributed by atoms with E-state index < -0.39 is 0 Å². The van der Waals surface area contributed by atoms with Crippen LogP contribution < -0.4 is 4.74 Å². The van der Waals surface area contributed by atoms with Crippen molar-refractivity contribution in [3.63, 3.8) is 0 Å². The predicted octanol–water partition coefficient (Wildman–Crippen LogP) is 3.88. The zero-order valence-electron chi connectivity index (χ0n) is 5.20. The number of hydrogen-bond donors (Lipinski definition) is 0. The second kappa shape index (κ2) is 5.08. The van der Waals surface area contributed by atoms with Gasteiger partial charge in [0.2, 0.25) is 0 Å². The Labute approximate surface area is 117 Å². The molecule has 1 aromatic carbocycles. The minimum atomic E-state index is 1.04. The van der Waals surface area contributed by atoms with Crippen LogP contribution >= 0.6 is 63.3 Å². The maximum atomic E-state index is 5.14. The summed E-state index contributed by atoms with van der Waals surface area (Å²) >= 11 is 8.15. The monoisotopic (exact) mass is 651 g/mol. The summed E-state index contributed by atoms with van der Waals surface area (Å²) in [6.07, 6.45) is 0. The molecule has 0 amide bonds. The Bertz CT molecular complexity index is 273. The van der Waals surface area contributed by atoms with Crippen LogP contribution in [-0.4, -0.2) is 0 Å². The van der Waals surface area contributed by atoms with Crippen molar-refractivity contribution in [1.82, 2.24) is 0 Å². The van der Waals surface area contributed by atoms with Crippen LogP contribution in [0.4, 0.5) is 0 Å². The van der Waals surface area contributed by atoms with Gasteiger partial charge in [-0.2, -0.15) is 0 Å². The summed E-state index contributed by atoms with van der Waals surface area (Å²) < 4.78 is 7.65. The predicted molar refractivity (Wildman–Crippen MR) is 66.0 cm³/mol. The summed E-state index contributed by atoms with van der Waals surface area (Å²) in [6, 6.07) is 4.06. The molecule has 1 aliphatic rings. The maximum absolute atomic E-state index is 5.14. The average Bonchev–Trinajstić information content (AvgIpc) is 2.81. The number of halogens is 3. The summed E-state index contributed by atoms with van der Waals surface area (Å²) in [5, 5.41) is 0. The van der Waals surface area contributed by atoms with Crippen molar-refractivity contribution in [2.24, 2.45) is 0 Å². The van der Waals surface area contributed by atoms with E-state index in [-0.39, 0.29) is 0 Å². The number of hydrogen-bond acceptors (Lipinski definition) is 1. The molecule has 0 radical (unpaired) electrons. The molecule has 0 spiro atoms. The van der Waals surface area contributed by atoms with Crippen LogP contribution in [0, 0.1) is 7.14 Å². The van der Waals surface area contributed by atoms with Crippen LogP contribution in [-0.2, 0) is 20.2 Å². The number of benzene rings is 1. The van der Waals surface area contributed by atoms with Gasteiger partial charge in [-0.05, 0) is 57.3 Å². The van der Waals surface area contributed by atoms with E-state index >= 15 is 0 Å². The molecule has 0 saturated heterocycles. The Balaban J connectivity index is 0.000000281. The second-order valence-corrected chi connectivity index (χ2v) is 4.03. The van der Waals surface area contributed by atoms with E-state index in [1.54, 1.807) is 0 Å². The van der Waals surface area contributed by atoms with Crippen LogP contribution in [0.2, 0.25) is 0 Å². The van der Waals surface area contributed by atoms with Gasteiger partial charge in [0.15, 0.2) is 11.5 Å². The molecular formula is C6H2HfI3O. The molecule has 0 bridgehead atoms. The molecule has 0 atom stereocenters. The van der Waals surface area contributed by atoms with Gasteiger partial charge in [-0.25, -0.2) is 0 Å². The number of fused-ring (bicyclic) bond motifs is 1. The molecule has 0 aliphatic carbocycles. The molecule has 1 aliphatic heterocycles. The molecule has 0 saturated carbocycles. The summed E-state index contributed by atoms with van der Waals surface area (Å²) in [7, 11) is 0. The van der Waals surface area contributed by atoms with Crippen molar-refractivity contribution in [2.75, 3.05) is 0 Å². The first-order valence-electron chi connectivity index (χ1n) is 2.64. The quantitative estimate of drug-likeness (QED) is 0.240. The molecular weight excluding hydrogens is 647 g/mol. The summed E-state index contributed by atoms with van der Waals surface area (Å²) in [5.74, 6) is 2.11. The van der Waals surface area contributed by atoms with E-state index in [4.69, 9.17) is 4.74 Å². The minimum absolute atomic E-state index is 1.04. The first-order chi connectivity index (χ1) is 5.29. The van der Waals surface area contributed by atoms with Crippen molar-refractivity contribution in [3.8, 4) is 11.5 Å². The van der Waals surface area contributed by atoms with Crippen molar-refractivity contribution in [1.29, 1.82) is 0 Å². The third-order valence-corrected chi connectivity index (χ3v) is 4.19. The Hall–Kier alpha value is 2.08. The van der Waals surface area contributed by atoms with Gasteiger partial charge in [0, 0.05) is 3.57 Å². The molecule has 2 rings (SSSR count). The van der Waals surface area contributed by atoms with Crippen molar-refractivity contribution in [2.45, 2.75) is 0 Å². The van der Waals surface area contributed by atoms with E-state index in [0.29, 0.717) is 0 Å². The molecule has 5 heteroatoms. The van der Waals surface area contributed by atoms with Gasteiger partial charge < -0.3 is 4.74 Å². The van der Waals surface area contributed by atoms with Crippen LogP contribution in [0.25, 0.3) is 0 Å².